The molecule has 3 heterocycles. The van der Waals surface area contributed by atoms with Crippen LogP contribution in [0.3, 0.4) is 0 Å². The fourth-order valence-electron chi connectivity index (χ4n) is 3.54. The molecule has 1 aromatic carbocycles. The molecule has 0 aliphatic carbocycles. The Morgan fingerprint density at radius 1 is 1.23 bits per heavy atom. The molecule has 0 saturated carbocycles. The minimum absolute atomic E-state index is 0.0890. The molecule has 134 valence electrons. The van der Waals surface area contributed by atoms with Gasteiger partial charge in [0, 0.05) is 31.6 Å². The quantitative estimate of drug-likeness (QED) is 0.711. The van der Waals surface area contributed by atoms with Crippen molar-refractivity contribution in [1.29, 1.82) is 0 Å². The zero-order valence-corrected chi connectivity index (χ0v) is 15.5. The normalized spacial score (nSPS) is 13.8. The highest BCUT2D eigenvalue weighted by atomic mass is 16.3. The van der Waals surface area contributed by atoms with Gasteiger partial charge >= 0.3 is 0 Å². The van der Waals surface area contributed by atoms with Crippen molar-refractivity contribution < 1.29 is 9.21 Å². The second kappa shape index (κ2) is 6.12. The van der Waals surface area contributed by atoms with E-state index in [4.69, 9.17) is 4.42 Å². The lowest BCUT2D eigenvalue weighted by molar-refractivity contribution is 0.0701. The lowest BCUT2D eigenvalue weighted by Crippen LogP contribution is -2.37. The largest absolute Gasteiger partial charge is 0.451 e. The van der Waals surface area contributed by atoms with E-state index in [1.54, 1.807) is 4.90 Å². The predicted octanol–water partition coefficient (Wildman–Crippen LogP) is 3.10. The van der Waals surface area contributed by atoms with Crippen LogP contribution in [0.1, 0.15) is 33.2 Å². The first-order valence-corrected chi connectivity index (χ1v) is 8.76. The number of fused-ring (bicyclic) bond motifs is 2. The SMILES string of the molecule is Cc1nc2c(c(N(C)C)n1)CCN(C(=O)c1cc3cccc(C)c3o1)C2. The number of hydrogen-bond acceptors (Lipinski definition) is 5. The first-order valence-electron chi connectivity index (χ1n) is 8.76. The Labute approximate surface area is 152 Å². The number of carbonyl (C=O) groups is 1. The molecule has 3 aromatic rings. The van der Waals surface area contributed by atoms with Gasteiger partial charge in [0.1, 0.15) is 17.2 Å². The zero-order chi connectivity index (χ0) is 18.4. The number of amides is 1. The van der Waals surface area contributed by atoms with Crippen LogP contribution in [0, 0.1) is 13.8 Å². The minimum Gasteiger partial charge on any atom is -0.451 e. The molecular weight excluding hydrogens is 328 g/mol. The van der Waals surface area contributed by atoms with Gasteiger partial charge in [0.2, 0.25) is 0 Å². The lowest BCUT2D eigenvalue weighted by atomic mass is 10.0. The van der Waals surface area contributed by atoms with Crippen LogP contribution >= 0.6 is 0 Å². The van der Waals surface area contributed by atoms with Gasteiger partial charge in [-0.25, -0.2) is 9.97 Å². The summed E-state index contributed by atoms with van der Waals surface area (Å²) in [7, 11) is 3.96. The van der Waals surface area contributed by atoms with Crippen molar-refractivity contribution in [2.75, 3.05) is 25.5 Å². The second-order valence-corrected chi connectivity index (χ2v) is 6.99. The van der Waals surface area contributed by atoms with Crippen molar-refractivity contribution in [3.63, 3.8) is 0 Å². The number of aryl methyl sites for hydroxylation is 2. The first kappa shape index (κ1) is 16.6. The summed E-state index contributed by atoms with van der Waals surface area (Å²) in [5, 5.41) is 0.957. The van der Waals surface area contributed by atoms with Gasteiger partial charge in [-0.1, -0.05) is 18.2 Å². The maximum atomic E-state index is 13.0. The average molecular weight is 350 g/mol. The third kappa shape index (κ3) is 2.71. The standard InChI is InChI=1S/C20H22N4O2/c1-12-6-5-7-14-10-17(26-18(12)14)20(25)24-9-8-15-16(11-24)21-13(2)22-19(15)23(3)4/h5-7,10H,8-9,11H2,1-4H3. The van der Waals surface area contributed by atoms with Gasteiger partial charge in [0.05, 0.1) is 12.2 Å². The van der Waals surface area contributed by atoms with Crippen LogP contribution in [0.25, 0.3) is 11.0 Å². The summed E-state index contributed by atoms with van der Waals surface area (Å²) in [6.07, 6.45) is 0.744. The van der Waals surface area contributed by atoms with Crippen molar-refractivity contribution in [3.8, 4) is 0 Å². The molecule has 1 aliphatic rings. The topological polar surface area (TPSA) is 62.5 Å². The molecule has 0 radical (unpaired) electrons. The van der Waals surface area contributed by atoms with Crippen molar-refractivity contribution >= 4 is 22.7 Å². The van der Waals surface area contributed by atoms with E-state index in [1.807, 2.05) is 57.1 Å². The average Bonchev–Trinajstić information content (AvgIpc) is 3.05. The molecule has 0 N–H and O–H groups in total. The molecule has 4 rings (SSSR count). The summed E-state index contributed by atoms with van der Waals surface area (Å²) >= 11 is 0. The Balaban J connectivity index is 1.66. The Hall–Kier alpha value is -2.89. The summed E-state index contributed by atoms with van der Waals surface area (Å²) in [5.74, 6) is 1.96. The summed E-state index contributed by atoms with van der Waals surface area (Å²) in [6, 6.07) is 7.76. The van der Waals surface area contributed by atoms with E-state index in [-0.39, 0.29) is 5.91 Å². The summed E-state index contributed by atoms with van der Waals surface area (Å²) in [5.41, 5.74) is 3.86. The Morgan fingerprint density at radius 2 is 2.04 bits per heavy atom. The van der Waals surface area contributed by atoms with Crippen LogP contribution in [-0.4, -0.2) is 41.4 Å². The number of carbonyl (C=O) groups excluding carboxylic acids is 1. The fraction of sp³-hybridized carbons (Fsp3) is 0.350. The molecule has 0 spiro atoms. The molecule has 1 amide bonds. The van der Waals surface area contributed by atoms with Crippen LogP contribution in [0.5, 0.6) is 0 Å². The molecular formula is C20H22N4O2. The van der Waals surface area contributed by atoms with E-state index in [0.29, 0.717) is 18.8 Å². The van der Waals surface area contributed by atoms with E-state index >= 15 is 0 Å². The number of aromatic nitrogens is 2. The fourth-order valence-corrected chi connectivity index (χ4v) is 3.54. The Morgan fingerprint density at radius 3 is 2.77 bits per heavy atom. The van der Waals surface area contributed by atoms with Gasteiger partial charge in [0.25, 0.3) is 5.91 Å². The molecule has 26 heavy (non-hydrogen) atoms. The molecule has 1 aliphatic heterocycles. The van der Waals surface area contributed by atoms with E-state index < -0.39 is 0 Å². The number of rotatable bonds is 2. The molecule has 0 saturated heterocycles. The molecule has 0 unspecified atom stereocenters. The van der Waals surface area contributed by atoms with E-state index in [0.717, 1.165) is 45.9 Å². The van der Waals surface area contributed by atoms with Crippen LogP contribution in [0.15, 0.2) is 28.7 Å². The predicted molar refractivity (Wildman–Crippen MR) is 100 cm³/mol. The first-order chi connectivity index (χ1) is 12.4. The number of benzene rings is 1. The van der Waals surface area contributed by atoms with Gasteiger partial charge in [-0.05, 0) is 31.9 Å². The van der Waals surface area contributed by atoms with E-state index in [9.17, 15) is 4.79 Å². The number of furan rings is 1. The van der Waals surface area contributed by atoms with Crippen molar-refractivity contribution in [3.05, 3.63) is 52.7 Å². The summed E-state index contributed by atoms with van der Waals surface area (Å²) in [4.78, 5) is 25.9. The maximum Gasteiger partial charge on any atom is 0.289 e. The number of para-hydroxylation sites is 1. The number of hydrogen-bond donors (Lipinski definition) is 0. The van der Waals surface area contributed by atoms with Crippen molar-refractivity contribution in [2.45, 2.75) is 26.8 Å². The molecule has 0 bridgehead atoms. The van der Waals surface area contributed by atoms with Crippen molar-refractivity contribution in [1.82, 2.24) is 14.9 Å². The van der Waals surface area contributed by atoms with Crippen LogP contribution < -0.4 is 4.90 Å². The van der Waals surface area contributed by atoms with E-state index in [1.165, 1.54) is 0 Å². The third-order valence-electron chi connectivity index (χ3n) is 4.82. The highest BCUT2D eigenvalue weighted by Crippen LogP contribution is 2.28. The van der Waals surface area contributed by atoms with Crippen LogP contribution in [-0.2, 0) is 13.0 Å². The lowest BCUT2D eigenvalue weighted by Gasteiger charge is -2.30. The van der Waals surface area contributed by atoms with Crippen LogP contribution in [0.4, 0.5) is 5.82 Å². The van der Waals surface area contributed by atoms with Gasteiger partial charge in [-0.15, -0.1) is 0 Å². The third-order valence-corrected chi connectivity index (χ3v) is 4.82. The monoisotopic (exact) mass is 350 g/mol. The van der Waals surface area contributed by atoms with Crippen molar-refractivity contribution in [2.24, 2.45) is 0 Å². The van der Waals surface area contributed by atoms with E-state index in [2.05, 4.69) is 9.97 Å². The highest BCUT2D eigenvalue weighted by Gasteiger charge is 2.28. The summed E-state index contributed by atoms with van der Waals surface area (Å²) < 4.78 is 5.86. The van der Waals surface area contributed by atoms with Gasteiger partial charge < -0.3 is 14.2 Å². The second-order valence-electron chi connectivity index (χ2n) is 6.99. The van der Waals surface area contributed by atoms with Gasteiger partial charge in [-0.2, -0.15) is 0 Å². The number of nitrogens with zero attached hydrogens (tertiary/aromatic N) is 4. The number of anilines is 1. The smallest absolute Gasteiger partial charge is 0.289 e. The molecule has 6 heteroatoms. The maximum absolute atomic E-state index is 13.0. The molecule has 0 fully saturated rings. The van der Waals surface area contributed by atoms with Gasteiger partial charge in [-0.3, -0.25) is 4.79 Å². The Bertz CT molecular complexity index is 1010. The van der Waals surface area contributed by atoms with Crippen LogP contribution in [0.2, 0.25) is 0 Å². The molecule has 6 nitrogen and oxygen atoms in total. The minimum atomic E-state index is -0.0890. The van der Waals surface area contributed by atoms with Gasteiger partial charge in [0.15, 0.2) is 5.76 Å². The molecule has 2 aromatic heterocycles. The zero-order valence-electron chi connectivity index (χ0n) is 15.5. The summed E-state index contributed by atoms with van der Waals surface area (Å²) in [6.45, 7) is 4.99. The molecule has 0 atom stereocenters. The Kier molecular flexibility index (Phi) is 3.90. The highest BCUT2D eigenvalue weighted by molar-refractivity contribution is 5.96.